The third-order valence-corrected chi connectivity index (χ3v) is 6.09. The van der Waals surface area contributed by atoms with E-state index in [1.54, 1.807) is 24.3 Å². The first kappa shape index (κ1) is 17.0. The van der Waals surface area contributed by atoms with Gasteiger partial charge >= 0.3 is 0 Å². The number of rotatable bonds is 5. The molecule has 3 aromatic carbocycles. The van der Waals surface area contributed by atoms with E-state index in [0.717, 1.165) is 23.1 Å². The van der Waals surface area contributed by atoms with Crippen LogP contribution in [0.25, 0.3) is 10.8 Å². The van der Waals surface area contributed by atoms with Gasteiger partial charge < -0.3 is 9.84 Å². The average Bonchev–Trinajstić information content (AvgIpc) is 3.13. The highest BCUT2D eigenvalue weighted by molar-refractivity contribution is 7.89. The fraction of sp³-hybridized carbons (Fsp3) is 0.200. The van der Waals surface area contributed by atoms with Crippen molar-refractivity contribution in [3.05, 3.63) is 71.8 Å². The molecule has 0 fully saturated rings. The van der Waals surface area contributed by atoms with E-state index in [2.05, 4.69) is 4.72 Å². The summed E-state index contributed by atoms with van der Waals surface area (Å²) in [6.45, 7) is 0.549. The topological polar surface area (TPSA) is 75.6 Å². The van der Waals surface area contributed by atoms with Crippen LogP contribution in [0.4, 0.5) is 0 Å². The van der Waals surface area contributed by atoms with Crippen molar-refractivity contribution in [3.8, 4) is 5.75 Å². The maximum atomic E-state index is 12.7. The molecule has 1 atom stereocenters. The summed E-state index contributed by atoms with van der Waals surface area (Å²) in [5.74, 6) is 0.831. The molecule has 0 bridgehead atoms. The third-order valence-electron chi connectivity index (χ3n) is 4.60. The smallest absolute Gasteiger partial charge is 0.241 e. The molecule has 1 heterocycles. The Morgan fingerprint density at radius 3 is 2.77 bits per heavy atom. The van der Waals surface area contributed by atoms with Crippen LogP contribution in [-0.4, -0.2) is 26.7 Å². The van der Waals surface area contributed by atoms with Crippen molar-refractivity contribution in [3.63, 3.8) is 0 Å². The lowest BCUT2D eigenvalue weighted by Crippen LogP contribution is -2.28. The second-order valence-corrected chi connectivity index (χ2v) is 8.05. The van der Waals surface area contributed by atoms with Crippen molar-refractivity contribution < 1.29 is 18.3 Å². The summed E-state index contributed by atoms with van der Waals surface area (Å²) in [7, 11) is -3.74. The summed E-state index contributed by atoms with van der Waals surface area (Å²) in [6.07, 6.45) is -0.122. The van der Waals surface area contributed by atoms with Gasteiger partial charge in [0.05, 0.1) is 17.6 Å². The van der Waals surface area contributed by atoms with Gasteiger partial charge in [0, 0.05) is 18.4 Å². The van der Waals surface area contributed by atoms with Crippen molar-refractivity contribution in [1.82, 2.24) is 4.72 Å². The van der Waals surface area contributed by atoms with Crippen LogP contribution >= 0.6 is 0 Å². The molecule has 1 aliphatic heterocycles. The number of ether oxygens (including phenoxy) is 1. The van der Waals surface area contributed by atoms with E-state index in [4.69, 9.17) is 4.74 Å². The van der Waals surface area contributed by atoms with Crippen molar-refractivity contribution >= 4 is 20.8 Å². The van der Waals surface area contributed by atoms with E-state index < -0.39 is 16.1 Å². The molecule has 0 saturated carbocycles. The normalized spacial score (nSPS) is 14.8. The second kappa shape index (κ2) is 6.72. The molecule has 26 heavy (non-hydrogen) atoms. The molecule has 0 aromatic heterocycles. The maximum absolute atomic E-state index is 12.7. The molecule has 5 nitrogen and oxygen atoms in total. The van der Waals surface area contributed by atoms with Crippen molar-refractivity contribution in [2.75, 3.05) is 13.2 Å². The van der Waals surface area contributed by atoms with Crippen LogP contribution in [0.15, 0.2) is 65.6 Å². The highest BCUT2D eigenvalue weighted by Crippen LogP contribution is 2.28. The minimum Gasteiger partial charge on any atom is -0.493 e. The Hall–Kier alpha value is -2.41. The lowest BCUT2D eigenvalue weighted by atomic mass is 10.0. The third kappa shape index (κ3) is 3.19. The van der Waals surface area contributed by atoms with E-state index in [0.29, 0.717) is 17.6 Å². The van der Waals surface area contributed by atoms with Crippen LogP contribution in [0.5, 0.6) is 5.75 Å². The molecule has 0 saturated heterocycles. The van der Waals surface area contributed by atoms with E-state index >= 15 is 0 Å². The van der Waals surface area contributed by atoms with Gasteiger partial charge in [-0.05, 0) is 34.7 Å². The van der Waals surface area contributed by atoms with Crippen molar-refractivity contribution in [1.29, 1.82) is 0 Å². The van der Waals surface area contributed by atoms with E-state index in [1.165, 1.54) is 0 Å². The molecule has 6 heteroatoms. The zero-order valence-corrected chi connectivity index (χ0v) is 14.9. The molecule has 0 unspecified atom stereocenters. The number of nitrogens with one attached hydrogen (secondary N) is 1. The van der Waals surface area contributed by atoms with Crippen LogP contribution in [-0.2, 0) is 16.4 Å². The van der Waals surface area contributed by atoms with Crippen molar-refractivity contribution in [2.45, 2.75) is 17.4 Å². The standard InChI is InChI=1S/C20H19NO4S/c22-18(15-8-9-19-16(12-15)10-11-25-19)13-21-26(23,24)20-7-3-5-14-4-1-2-6-17(14)20/h1-9,12,18,21-22H,10-11,13H2/t18-/m0/s1. The molecule has 0 radical (unpaired) electrons. The summed E-state index contributed by atoms with van der Waals surface area (Å²) < 4.78 is 33.4. The molecule has 0 aliphatic carbocycles. The van der Waals surface area contributed by atoms with Gasteiger partial charge in [0.25, 0.3) is 0 Å². The van der Waals surface area contributed by atoms with Gasteiger partial charge in [0.2, 0.25) is 10.0 Å². The molecule has 3 aromatic rings. The monoisotopic (exact) mass is 369 g/mol. The molecular weight excluding hydrogens is 350 g/mol. The first-order valence-corrected chi connectivity index (χ1v) is 9.94. The number of aliphatic hydroxyl groups is 1. The molecular formula is C20H19NO4S. The summed E-state index contributed by atoms with van der Waals surface area (Å²) in [4.78, 5) is 0.213. The number of fused-ring (bicyclic) bond motifs is 2. The maximum Gasteiger partial charge on any atom is 0.241 e. The zero-order chi connectivity index (χ0) is 18.1. The summed E-state index contributed by atoms with van der Waals surface area (Å²) in [6, 6.07) is 17.9. The van der Waals surface area contributed by atoms with Gasteiger partial charge in [-0.15, -0.1) is 0 Å². The van der Waals surface area contributed by atoms with Gasteiger partial charge in [0.1, 0.15) is 5.75 Å². The highest BCUT2D eigenvalue weighted by Gasteiger charge is 2.20. The molecule has 1 aliphatic rings. The first-order valence-electron chi connectivity index (χ1n) is 8.46. The Balaban J connectivity index is 1.54. The zero-order valence-electron chi connectivity index (χ0n) is 14.1. The SMILES string of the molecule is O=S(=O)(NC[C@H](O)c1ccc2c(c1)CCO2)c1cccc2ccccc12. The van der Waals surface area contributed by atoms with Gasteiger partial charge in [-0.1, -0.05) is 42.5 Å². The Bertz CT molecular complexity index is 1060. The number of aliphatic hydroxyl groups excluding tert-OH is 1. The first-order chi connectivity index (χ1) is 12.5. The van der Waals surface area contributed by atoms with Crippen molar-refractivity contribution in [2.24, 2.45) is 0 Å². The average molecular weight is 369 g/mol. The van der Waals surface area contributed by atoms with Crippen LogP contribution in [0, 0.1) is 0 Å². The minimum atomic E-state index is -3.74. The number of benzene rings is 3. The molecule has 4 rings (SSSR count). The lowest BCUT2D eigenvalue weighted by molar-refractivity contribution is 0.182. The minimum absolute atomic E-state index is 0.0921. The second-order valence-electron chi connectivity index (χ2n) is 6.31. The fourth-order valence-electron chi connectivity index (χ4n) is 3.23. The molecule has 0 spiro atoms. The summed E-state index contributed by atoms with van der Waals surface area (Å²) in [5, 5.41) is 11.9. The van der Waals surface area contributed by atoms with E-state index in [1.807, 2.05) is 36.4 Å². The van der Waals surface area contributed by atoms with E-state index in [9.17, 15) is 13.5 Å². The summed E-state index contributed by atoms with van der Waals surface area (Å²) >= 11 is 0. The van der Waals surface area contributed by atoms with E-state index in [-0.39, 0.29) is 11.4 Å². The number of hydrogen-bond donors (Lipinski definition) is 2. The Morgan fingerprint density at radius 1 is 1.08 bits per heavy atom. The number of sulfonamides is 1. The van der Waals surface area contributed by atoms with Gasteiger partial charge in [-0.2, -0.15) is 0 Å². The summed E-state index contributed by atoms with van der Waals surface area (Å²) in [5.41, 5.74) is 1.72. The molecule has 134 valence electrons. The van der Waals surface area contributed by atoms with Crippen LogP contribution in [0.1, 0.15) is 17.2 Å². The molecule has 0 amide bonds. The van der Waals surface area contributed by atoms with Crippen LogP contribution in [0.3, 0.4) is 0 Å². The molecule has 2 N–H and O–H groups in total. The quantitative estimate of drug-likeness (QED) is 0.725. The fourth-order valence-corrected chi connectivity index (χ4v) is 4.49. The Morgan fingerprint density at radius 2 is 1.88 bits per heavy atom. The lowest BCUT2D eigenvalue weighted by Gasteiger charge is -2.14. The van der Waals surface area contributed by atoms with Gasteiger partial charge in [-0.25, -0.2) is 13.1 Å². The predicted octanol–water partition coefficient (Wildman–Crippen LogP) is 2.79. The van der Waals surface area contributed by atoms with Crippen LogP contribution < -0.4 is 9.46 Å². The van der Waals surface area contributed by atoms with Gasteiger partial charge in [0.15, 0.2) is 0 Å². The Labute approximate surface area is 152 Å². The number of hydrogen-bond acceptors (Lipinski definition) is 4. The Kier molecular flexibility index (Phi) is 4.40. The van der Waals surface area contributed by atoms with Gasteiger partial charge in [-0.3, -0.25) is 0 Å². The van der Waals surface area contributed by atoms with Crippen LogP contribution in [0.2, 0.25) is 0 Å². The highest BCUT2D eigenvalue weighted by atomic mass is 32.2. The predicted molar refractivity (Wildman–Crippen MR) is 99.7 cm³/mol. The largest absolute Gasteiger partial charge is 0.493 e.